The fourth-order valence-electron chi connectivity index (χ4n) is 1.75. The van der Waals surface area contributed by atoms with Gasteiger partial charge in [-0.2, -0.15) is 0 Å². The first kappa shape index (κ1) is 12.0. The predicted octanol–water partition coefficient (Wildman–Crippen LogP) is 2.62. The third-order valence-corrected chi connectivity index (χ3v) is 2.80. The molecular weight excluding hydrogens is 216 g/mol. The first-order valence-electron chi connectivity index (χ1n) is 5.93. The third-order valence-electron chi connectivity index (χ3n) is 2.80. The Kier molecular flexibility index (Phi) is 3.36. The first-order chi connectivity index (χ1) is 8.11. The molecule has 0 aliphatic carbocycles. The lowest BCUT2D eigenvalue weighted by molar-refractivity contribution is -0.107. The molecule has 1 aliphatic rings. The van der Waals surface area contributed by atoms with E-state index in [9.17, 15) is 4.79 Å². The molecule has 0 aromatic heterocycles. The van der Waals surface area contributed by atoms with Crippen LogP contribution in [0.5, 0.6) is 11.5 Å². The summed E-state index contributed by atoms with van der Waals surface area (Å²) in [6.07, 6.45) is 2.24. The highest BCUT2D eigenvalue weighted by Gasteiger charge is 2.25. The van der Waals surface area contributed by atoms with E-state index in [1.165, 1.54) is 0 Å². The largest absolute Gasteiger partial charge is 0.489 e. The number of rotatable bonds is 3. The van der Waals surface area contributed by atoms with Crippen LogP contribution in [0.4, 0.5) is 0 Å². The van der Waals surface area contributed by atoms with Crippen LogP contribution in [-0.4, -0.2) is 19.5 Å². The average molecular weight is 234 g/mol. The van der Waals surface area contributed by atoms with E-state index >= 15 is 0 Å². The number of hydrogen-bond donors (Lipinski definition) is 0. The Morgan fingerprint density at radius 2 is 1.94 bits per heavy atom. The molecule has 92 valence electrons. The zero-order valence-corrected chi connectivity index (χ0v) is 10.4. The summed E-state index contributed by atoms with van der Waals surface area (Å²) in [4.78, 5) is 10.4. The normalized spacial score (nSPS) is 17.3. The Bertz CT molecular complexity index is 410. The Balaban J connectivity index is 2.16. The number of fused-ring (bicyclic) bond motifs is 1. The molecule has 0 radical (unpaired) electrons. The highest BCUT2D eigenvalue weighted by Crippen LogP contribution is 2.34. The van der Waals surface area contributed by atoms with Crippen LogP contribution in [0.25, 0.3) is 0 Å². The van der Waals surface area contributed by atoms with Gasteiger partial charge in [-0.05, 0) is 24.1 Å². The second-order valence-electron chi connectivity index (χ2n) is 5.23. The number of aryl methyl sites for hydroxylation is 1. The van der Waals surface area contributed by atoms with Crippen LogP contribution in [0, 0.1) is 5.41 Å². The summed E-state index contributed by atoms with van der Waals surface area (Å²) in [5.41, 5.74) is 1.14. The topological polar surface area (TPSA) is 35.5 Å². The average Bonchev–Trinajstić information content (AvgIpc) is 2.46. The molecule has 0 bridgehead atoms. The minimum atomic E-state index is 0.0297. The number of ether oxygens (including phenoxy) is 2. The fourth-order valence-corrected chi connectivity index (χ4v) is 1.75. The van der Waals surface area contributed by atoms with Crippen LogP contribution >= 0.6 is 0 Å². The van der Waals surface area contributed by atoms with Gasteiger partial charge in [-0.3, -0.25) is 0 Å². The van der Waals surface area contributed by atoms with Crippen LogP contribution in [0.3, 0.4) is 0 Å². The van der Waals surface area contributed by atoms with Crippen molar-refractivity contribution in [2.24, 2.45) is 5.41 Å². The first-order valence-corrected chi connectivity index (χ1v) is 5.93. The monoisotopic (exact) mass is 234 g/mol. The second kappa shape index (κ2) is 4.78. The molecule has 0 N–H and O–H groups in total. The Hall–Kier alpha value is -1.51. The van der Waals surface area contributed by atoms with Gasteiger partial charge in [0.15, 0.2) is 11.5 Å². The summed E-state index contributed by atoms with van der Waals surface area (Å²) in [7, 11) is 0. The van der Waals surface area contributed by atoms with Crippen molar-refractivity contribution in [2.45, 2.75) is 26.7 Å². The van der Waals surface area contributed by atoms with Crippen LogP contribution in [0.1, 0.15) is 25.8 Å². The van der Waals surface area contributed by atoms with Gasteiger partial charge >= 0.3 is 0 Å². The lowest BCUT2D eigenvalue weighted by atomic mass is 9.97. The molecular formula is C14H18O3. The number of carbonyl (C=O) groups excluding carboxylic acids is 1. The standard InChI is InChI=1S/C14H18O3/c1-14(2)9-16-12-6-5-11(4-3-7-15)8-13(12)17-10-14/h5-8H,3-4,9-10H2,1-2H3. The van der Waals surface area contributed by atoms with E-state index in [1.807, 2.05) is 18.2 Å². The molecule has 3 nitrogen and oxygen atoms in total. The molecule has 3 heteroatoms. The molecule has 0 saturated carbocycles. The Labute approximate surface area is 102 Å². The number of hydrogen-bond acceptors (Lipinski definition) is 3. The van der Waals surface area contributed by atoms with E-state index in [-0.39, 0.29) is 5.41 Å². The van der Waals surface area contributed by atoms with Gasteiger partial charge in [-0.1, -0.05) is 19.9 Å². The summed E-state index contributed by atoms with van der Waals surface area (Å²) in [6.45, 7) is 5.54. The van der Waals surface area contributed by atoms with Crippen molar-refractivity contribution in [2.75, 3.05) is 13.2 Å². The van der Waals surface area contributed by atoms with Gasteiger partial charge in [0.05, 0.1) is 13.2 Å². The summed E-state index contributed by atoms with van der Waals surface area (Å²) in [6, 6.07) is 5.89. The molecule has 1 aliphatic heterocycles. The summed E-state index contributed by atoms with van der Waals surface area (Å²) < 4.78 is 11.5. The van der Waals surface area contributed by atoms with Gasteiger partial charge in [0.25, 0.3) is 0 Å². The zero-order valence-electron chi connectivity index (χ0n) is 10.4. The van der Waals surface area contributed by atoms with Crippen molar-refractivity contribution in [3.8, 4) is 11.5 Å². The molecule has 0 spiro atoms. The smallest absolute Gasteiger partial charge is 0.161 e. The molecule has 0 amide bonds. The molecule has 1 heterocycles. The SMILES string of the molecule is CC1(C)COc2ccc(CCC=O)cc2OC1. The fraction of sp³-hybridized carbons (Fsp3) is 0.500. The minimum absolute atomic E-state index is 0.0297. The number of carbonyl (C=O) groups is 1. The van der Waals surface area contributed by atoms with Crippen molar-refractivity contribution in [1.82, 2.24) is 0 Å². The quantitative estimate of drug-likeness (QED) is 0.754. The molecule has 1 aromatic rings. The van der Waals surface area contributed by atoms with Gasteiger partial charge < -0.3 is 14.3 Å². The zero-order chi connectivity index (χ0) is 12.3. The third kappa shape index (κ3) is 2.99. The highest BCUT2D eigenvalue weighted by molar-refractivity contribution is 5.51. The van der Waals surface area contributed by atoms with E-state index < -0.39 is 0 Å². The van der Waals surface area contributed by atoms with Crippen molar-refractivity contribution in [3.05, 3.63) is 23.8 Å². The molecule has 0 fully saturated rings. The minimum Gasteiger partial charge on any atom is -0.489 e. The van der Waals surface area contributed by atoms with Gasteiger partial charge in [0, 0.05) is 11.8 Å². The molecule has 0 saturated heterocycles. The van der Waals surface area contributed by atoms with E-state index in [0.717, 1.165) is 29.8 Å². The lowest BCUT2D eigenvalue weighted by Crippen LogP contribution is -2.26. The predicted molar refractivity (Wildman–Crippen MR) is 65.6 cm³/mol. The van der Waals surface area contributed by atoms with Gasteiger partial charge in [-0.15, -0.1) is 0 Å². The lowest BCUT2D eigenvalue weighted by Gasteiger charge is -2.19. The molecule has 2 rings (SSSR count). The van der Waals surface area contributed by atoms with Crippen molar-refractivity contribution >= 4 is 6.29 Å². The maximum atomic E-state index is 10.4. The van der Waals surface area contributed by atoms with Crippen LogP contribution < -0.4 is 9.47 Å². The maximum Gasteiger partial charge on any atom is 0.161 e. The van der Waals surface area contributed by atoms with Crippen molar-refractivity contribution in [1.29, 1.82) is 0 Å². The van der Waals surface area contributed by atoms with Crippen molar-refractivity contribution in [3.63, 3.8) is 0 Å². The highest BCUT2D eigenvalue weighted by atomic mass is 16.5. The molecule has 1 aromatic carbocycles. The van der Waals surface area contributed by atoms with E-state index in [4.69, 9.17) is 9.47 Å². The Morgan fingerprint density at radius 3 is 2.65 bits per heavy atom. The van der Waals surface area contributed by atoms with Crippen LogP contribution in [0.2, 0.25) is 0 Å². The molecule has 0 unspecified atom stereocenters. The van der Waals surface area contributed by atoms with Gasteiger partial charge in [0.2, 0.25) is 0 Å². The summed E-state index contributed by atoms with van der Waals surface area (Å²) >= 11 is 0. The maximum absolute atomic E-state index is 10.4. The van der Waals surface area contributed by atoms with Crippen LogP contribution in [0.15, 0.2) is 18.2 Å². The number of aldehydes is 1. The van der Waals surface area contributed by atoms with E-state index in [2.05, 4.69) is 13.8 Å². The van der Waals surface area contributed by atoms with E-state index in [0.29, 0.717) is 19.6 Å². The summed E-state index contributed by atoms with van der Waals surface area (Å²) in [5.74, 6) is 1.59. The molecule has 0 atom stereocenters. The van der Waals surface area contributed by atoms with Gasteiger partial charge in [0.1, 0.15) is 6.29 Å². The van der Waals surface area contributed by atoms with Crippen molar-refractivity contribution < 1.29 is 14.3 Å². The summed E-state index contributed by atoms with van der Waals surface area (Å²) in [5, 5.41) is 0. The molecule has 17 heavy (non-hydrogen) atoms. The Morgan fingerprint density at radius 1 is 1.24 bits per heavy atom. The second-order valence-corrected chi connectivity index (χ2v) is 5.23. The van der Waals surface area contributed by atoms with Gasteiger partial charge in [-0.25, -0.2) is 0 Å². The number of benzene rings is 1. The van der Waals surface area contributed by atoms with E-state index in [1.54, 1.807) is 0 Å². The van der Waals surface area contributed by atoms with Crippen LogP contribution in [-0.2, 0) is 11.2 Å².